The first-order valence-corrected chi connectivity index (χ1v) is 9.98. The predicted molar refractivity (Wildman–Crippen MR) is 112 cm³/mol. The average Bonchev–Trinajstić information content (AvgIpc) is 3.11. The lowest BCUT2D eigenvalue weighted by molar-refractivity contribution is 0.136. The van der Waals surface area contributed by atoms with Crippen LogP contribution in [0.5, 0.6) is 5.75 Å². The number of benzene rings is 2. The fourth-order valence-electron chi connectivity index (χ4n) is 3.45. The van der Waals surface area contributed by atoms with Gasteiger partial charge in [-0.1, -0.05) is 6.07 Å². The molecule has 0 aliphatic carbocycles. The highest BCUT2D eigenvalue weighted by Gasteiger charge is 2.22. The lowest BCUT2D eigenvalue weighted by Crippen LogP contribution is -2.49. The highest BCUT2D eigenvalue weighted by atomic mass is 16.5. The standard InChI is InChI=1S/C22H26N4O3/c1-3-28-18-7-5-17(6-8-18)23-22(27)26-12-10-25(11-13-26)15-21-24-19-9-4-16(2)14-20(19)29-21/h4-9,14H,3,10-13,15H2,1-2H3,(H,23,27). The van der Waals surface area contributed by atoms with Crippen LogP contribution in [-0.4, -0.2) is 53.6 Å². The maximum absolute atomic E-state index is 12.5. The predicted octanol–water partition coefficient (Wildman–Crippen LogP) is 3.88. The molecule has 7 nitrogen and oxygen atoms in total. The van der Waals surface area contributed by atoms with Crippen molar-refractivity contribution in [1.29, 1.82) is 0 Å². The summed E-state index contributed by atoms with van der Waals surface area (Å²) in [4.78, 5) is 21.2. The van der Waals surface area contributed by atoms with Gasteiger partial charge in [-0.2, -0.15) is 0 Å². The normalized spacial score (nSPS) is 14.9. The molecule has 0 radical (unpaired) electrons. The zero-order valence-corrected chi connectivity index (χ0v) is 16.9. The van der Waals surface area contributed by atoms with Crippen molar-refractivity contribution in [2.45, 2.75) is 20.4 Å². The van der Waals surface area contributed by atoms with Crippen molar-refractivity contribution in [3.8, 4) is 5.75 Å². The molecule has 1 aliphatic heterocycles. The zero-order valence-electron chi connectivity index (χ0n) is 16.9. The number of oxazole rings is 1. The molecular weight excluding hydrogens is 368 g/mol. The van der Waals surface area contributed by atoms with Crippen LogP contribution in [0.15, 0.2) is 46.9 Å². The molecule has 0 atom stereocenters. The number of aromatic nitrogens is 1. The molecule has 29 heavy (non-hydrogen) atoms. The Morgan fingerprint density at radius 2 is 1.90 bits per heavy atom. The van der Waals surface area contributed by atoms with Crippen LogP contribution in [0, 0.1) is 6.92 Å². The topological polar surface area (TPSA) is 70.8 Å². The van der Waals surface area contributed by atoms with Gasteiger partial charge in [0.25, 0.3) is 0 Å². The second-order valence-corrected chi connectivity index (χ2v) is 7.23. The van der Waals surface area contributed by atoms with E-state index in [-0.39, 0.29) is 6.03 Å². The molecule has 2 heterocycles. The minimum atomic E-state index is -0.0776. The smallest absolute Gasteiger partial charge is 0.321 e. The number of hydrogen-bond donors (Lipinski definition) is 1. The maximum Gasteiger partial charge on any atom is 0.321 e. The molecule has 0 unspecified atom stereocenters. The number of nitrogens with one attached hydrogen (secondary N) is 1. The summed E-state index contributed by atoms with van der Waals surface area (Å²) in [5, 5.41) is 2.95. The van der Waals surface area contributed by atoms with E-state index in [2.05, 4.69) is 15.2 Å². The Hall–Kier alpha value is -3.06. The summed E-state index contributed by atoms with van der Waals surface area (Å²) in [6.07, 6.45) is 0. The summed E-state index contributed by atoms with van der Waals surface area (Å²) < 4.78 is 11.3. The van der Waals surface area contributed by atoms with E-state index in [0.29, 0.717) is 26.2 Å². The molecule has 2 amide bonds. The quantitative estimate of drug-likeness (QED) is 0.711. The second kappa shape index (κ2) is 8.53. The number of nitrogens with zero attached hydrogens (tertiary/aromatic N) is 3. The molecule has 1 N–H and O–H groups in total. The summed E-state index contributed by atoms with van der Waals surface area (Å²) in [5.74, 6) is 1.52. The van der Waals surface area contributed by atoms with Crippen LogP contribution < -0.4 is 10.1 Å². The van der Waals surface area contributed by atoms with E-state index in [1.807, 2.05) is 61.2 Å². The minimum Gasteiger partial charge on any atom is -0.494 e. The number of amides is 2. The molecule has 4 rings (SSSR count). The van der Waals surface area contributed by atoms with Crippen LogP contribution in [0.25, 0.3) is 11.1 Å². The first-order valence-electron chi connectivity index (χ1n) is 9.98. The Balaban J connectivity index is 1.28. The van der Waals surface area contributed by atoms with Crippen molar-refractivity contribution < 1.29 is 13.9 Å². The number of carbonyl (C=O) groups is 1. The number of anilines is 1. The van der Waals surface area contributed by atoms with Crippen molar-refractivity contribution in [3.05, 3.63) is 53.9 Å². The van der Waals surface area contributed by atoms with Crippen LogP contribution in [0.2, 0.25) is 0 Å². The molecular formula is C22H26N4O3. The van der Waals surface area contributed by atoms with Gasteiger partial charge in [0.1, 0.15) is 11.3 Å². The molecule has 1 aliphatic rings. The molecule has 0 bridgehead atoms. The summed E-state index contributed by atoms with van der Waals surface area (Å²) in [5.41, 5.74) is 3.64. The van der Waals surface area contributed by atoms with Crippen molar-refractivity contribution in [3.63, 3.8) is 0 Å². The fourth-order valence-corrected chi connectivity index (χ4v) is 3.45. The first kappa shape index (κ1) is 19.3. The Bertz CT molecular complexity index is 975. The van der Waals surface area contributed by atoms with Gasteiger partial charge in [-0.05, 0) is 55.8 Å². The number of aryl methyl sites for hydroxylation is 1. The molecule has 2 aromatic carbocycles. The van der Waals surface area contributed by atoms with Gasteiger partial charge in [0.15, 0.2) is 5.58 Å². The van der Waals surface area contributed by atoms with Crippen molar-refractivity contribution in [2.75, 3.05) is 38.1 Å². The minimum absolute atomic E-state index is 0.0776. The number of hydrogen-bond acceptors (Lipinski definition) is 5. The van der Waals surface area contributed by atoms with Gasteiger partial charge in [-0.15, -0.1) is 0 Å². The molecule has 0 spiro atoms. The van der Waals surface area contributed by atoms with E-state index < -0.39 is 0 Å². The van der Waals surface area contributed by atoms with Crippen molar-refractivity contribution in [1.82, 2.24) is 14.8 Å². The SMILES string of the molecule is CCOc1ccc(NC(=O)N2CCN(Cc3nc4ccc(C)cc4o3)CC2)cc1. The summed E-state index contributed by atoms with van der Waals surface area (Å²) in [7, 11) is 0. The van der Waals surface area contributed by atoms with Gasteiger partial charge >= 0.3 is 6.03 Å². The molecule has 152 valence electrons. The highest BCUT2D eigenvalue weighted by molar-refractivity contribution is 5.89. The van der Waals surface area contributed by atoms with E-state index in [0.717, 1.165) is 47.1 Å². The van der Waals surface area contributed by atoms with Gasteiger partial charge in [0, 0.05) is 31.9 Å². The third-order valence-corrected chi connectivity index (χ3v) is 5.02. The largest absolute Gasteiger partial charge is 0.494 e. The number of piperazine rings is 1. The van der Waals surface area contributed by atoms with Crippen LogP contribution in [0.1, 0.15) is 18.4 Å². The zero-order chi connectivity index (χ0) is 20.2. The average molecular weight is 394 g/mol. The van der Waals surface area contributed by atoms with Crippen LogP contribution in [-0.2, 0) is 6.54 Å². The number of carbonyl (C=O) groups excluding carboxylic acids is 1. The van der Waals surface area contributed by atoms with Gasteiger partial charge in [0.05, 0.1) is 13.2 Å². The molecule has 7 heteroatoms. The van der Waals surface area contributed by atoms with Gasteiger partial charge < -0.3 is 19.4 Å². The molecule has 1 fully saturated rings. The van der Waals surface area contributed by atoms with Crippen LogP contribution >= 0.6 is 0 Å². The van der Waals surface area contributed by atoms with Crippen LogP contribution in [0.4, 0.5) is 10.5 Å². The molecule has 0 saturated carbocycles. The van der Waals surface area contributed by atoms with Gasteiger partial charge in [0.2, 0.25) is 5.89 Å². The third-order valence-electron chi connectivity index (χ3n) is 5.02. The molecule has 3 aromatic rings. The summed E-state index contributed by atoms with van der Waals surface area (Å²) >= 11 is 0. The van der Waals surface area contributed by atoms with Crippen LogP contribution in [0.3, 0.4) is 0 Å². The Labute approximate surface area is 170 Å². The number of ether oxygens (including phenoxy) is 1. The monoisotopic (exact) mass is 394 g/mol. The Kier molecular flexibility index (Phi) is 5.67. The van der Waals surface area contributed by atoms with E-state index in [1.165, 1.54) is 0 Å². The molecule has 1 aromatic heterocycles. The van der Waals surface area contributed by atoms with E-state index in [4.69, 9.17) is 9.15 Å². The Morgan fingerprint density at radius 3 is 2.62 bits per heavy atom. The maximum atomic E-state index is 12.5. The van der Waals surface area contributed by atoms with Crippen molar-refractivity contribution >= 4 is 22.8 Å². The van der Waals surface area contributed by atoms with Crippen molar-refractivity contribution in [2.24, 2.45) is 0 Å². The third kappa shape index (κ3) is 4.68. The van der Waals surface area contributed by atoms with Gasteiger partial charge in [-0.3, -0.25) is 4.90 Å². The Morgan fingerprint density at radius 1 is 1.14 bits per heavy atom. The van der Waals surface area contributed by atoms with E-state index in [1.54, 1.807) is 0 Å². The second-order valence-electron chi connectivity index (χ2n) is 7.23. The highest BCUT2D eigenvalue weighted by Crippen LogP contribution is 2.19. The number of urea groups is 1. The fraction of sp³-hybridized carbons (Fsp3) is 0.364. The lowest BCUT2D eigenvalue weighted by Gasteiger charge is -2.34. The molecule has 1 saturated heterocycles. The van der Waals surface area contributed by atoms with E-state index in [9.17, 15) is 4.79 Å². The summed E-state index contributed by atoms with van der Waals surface area (Å²) in [6, 6.07) is 13.4. The number of fused-ring (bicyclic) bond motifs is 1. The van der Waals surface area contributed by atoms with Gasteiger partial charge in [-0.25, -0.2) is 9.78 Å². The number of rotatable bonds is 5. The van der Waals surface area contributed by atoms with E-state index >= 15 is 0 Å². The lowest BCUT2D eigenvalue weighted by atomic mass is 10.2. The summed E-state index contributed by atoms with van der Waals surface area (Å²) in [6.45, 7) is 8.17. The first-order chi connectivity index (χ1) is 14.1.